The fraction of sp³-hybridized carbons (Fsp3) is 0.500. The zero-order valence-electron chi connectivity index (χ0n) is 9.32. The lowest BCUT2D eigenvalue weighted by atomic mass is 10.0. The van der Waals surface area contributed by atoms with Crippen LogP contribution >= 0.6 is 0 Å². The predicted molar refractivity (Wildman–Crippen MR) is 63.2 cm³/mol. The Kier molecular flexibility index (Phi) is 2.36. The molecule has 0 radical (unpaired) electrons. The van der Waals surface area contributed by atoms with Gasteiger partial charge in [-0.15, -0.1) is 0 Å². The number of nitrogens with one attached hydrogen (secondary N) is 2. The summed E-state index contributed by atoms with van der Waals surface area (Å²) in [6.07, 6.45) is 0. The van der Waals surface area contributed by atoms with E-state index >= 15 is 0 Å². The van der Waals surface area contributed by atoms with Crippen LogP contribution in [0.2, 0.25) is 0 Å². The van der Waals surface area contributed by atoms with Gasteiger partial charge in [0.05, 0.1) is 37.7 Å². The Morgan fingerprint density at radius 2 is 2.25 bits per heavy atom. The van der Waals surface area contributed by atoms with Crippen LogP contribution in [-0.4, -0.2) is 32.9 Å². The van der Waals surface area contributed by atoms with Crippen molar-refractivity contribution < 1.29 is 9.47 Å². The summed E-state index contributed by atoms with van der Waals surface area (Å²) >= 11 is 0. The van der Waals surface area contributed by atoms with Crippen molar-refractivity contribution in [1.29, 1.82) is 0 Å². The number of ether oxygens (including phenoxy) is 2. The molecule has 0 bridgehead atoms. The van der Waals surface area contributed by atoms with E-state index in [0.717, 1.165) is 36.9 Å². The first-order chi connectivity index (χ1) is 7.86. The number of hydrogen-bond acceptors (Lipinski definition) is 4. The van der Waals surface area contributed by atoms with Gasteiger partial charge in [0.25, 0.3) is 0 Å². The van der Waals surface area contributed by atoms with Crippen LogP contribution in [0.3, 0.4) is 0 Å². The van der Waals surface area contributed by atoms with E-state index in [-0.39, 0.29) is 0 Å². The smallest absolute Gasteiger partial charge is 0.121 e. The van der Waals surface area contributed by atoms with Gasteiger partial charge in [-0.2, -0.15) is 0 Å². The summed E-state index contributed by atoms with van der Waals surface area (Å²) in [5.74, 6) is 1.44. The molecular formula is C12H16N2O2. The molecule has 0 aromatic heterocycles. The van der Waals surface area contributed by atoms with Crippen LogP contribution in [0.1, 0.15) is 0 Å². The van der Waals surface area contributed by atoms with Crippen molar-refractivity contribution in [3.8, 4) is 5.75 Å². The lowest BCUT2D eigenvalue weighted by molar-refractivity contribution is 0.186. The first-order valence-corrected chi connectivity index (χ1v) is 5.63. The van der Waals surface area contributed by atoms with Crippen molar-refractivity contribution in [2.24, 2.45) is 5.92 Å². The molecule has 3 rings (SSSR count). The van der Waals surface area contributed by atoms with E-state index in [1.807, 2.05) is 12.1 Å². The van der Waals surface area contributed by atoms with Gasteiger partial charge in [0.1, 0.15) is 5.75 Å². The molecule has 86 valence electrons. The third-order valence-electron chi connectivity index (χ3n) is 3.32. The molecule has 2 atom stereocenters. The molecule has 0 amide bonds. The highest BCUT2D eigenvalue weighted by Crippen LogP contribution is 2.32. The van der Waals surface area contributed by atoms with E-state index in [0.29, 0.717) is 12.0 Å². The summed E-state index contributed by atoms with van der Waals surface area (Å²) < 4.78 is 10.7. The Labute approximate surface area is 94.9 Å². The van der Waals surface area contributed by atoms with Gasteiger partial charge in [-0.05, 0) is 12.1 Å². The molecule has 2 unspecified atom stereocenters. The van der Waals surface area contributed by atoms with Crippen LogP contribution in [-0.2, 0) is 4.74 Å². The van der Waals surface area contributed by atoms with E-state index in [1.54, 1.807) is 7.11 Å². The van der Waals surface area contributed by atoms with Gasteiger partial charge in [-0.1, -0.05) is 0 Å². The molecule has 0 saturated carbocycles. The first kappa shape index (κ1) is 9.78. The summed E-state index contributed by atoms with van der Waals surface area (Å²) in [7, 11) is 1.69. The van der Waals surface area contributed by atoms with Crippen LogP contribution in [0, 0.1) is 5.92 Å². The van der Waals surface area contributed by atoms with Gasteiger partial charge in [0, 0.05) is 18.5 Å². The fourth-order valence-corrected chi connectivity index (χ4v) is 2.32. The molecule has 1 aromatic rings. The van der Waals surface area contributed by atoms with E-state index in [4.69, 9.17) is 9.47 Å². The Balaban J connectivity index is 1.90. The van der Waals surface area contributed by atoms with Crippen molar-refractivity contribution in [2.45, 2.75) is 6.04 Å². The third-order valence-corrected chi connectivity index (χ3v) is 3.32. The average Bonchev–Trinajstić information content (AvgIpc) is 2.68. The number of anilines is 2. The third kappa shape index (κ3) is 1.59. The van der Waals surface area contributed by atoms with Crippen molar-refractivity contribution >= 4 is 11.4 Å². The Morgan fingerprint density at radius 1 is 1.31 bits per heavy atom. The maximum absolute atomic E-state index is 5.48. The minimum atomic E-state index is 0.433. The normalized spacial score (nSPS) is 27.1. The number of benzene rings is 1. The lowest BCUT2D eigenvalue weighted by Gasteiger charge is -2.15. The number of fused-ring (bicyclic) bond motifs is 2. The van der Waals surface area contributed by atoms with Gasteiger partial charge in [0.2, 0.25) is 0 Å². The van der Waals surface area contributed by atoms with E-state index in [2.05, 4.69) is 16.7 Å². The molecule has 2 heterocycles. The quantitative estimate of drug-likeness (QED) is 0.753. The molecule has 2 aliphatic heterocycles. The zero-order chi connectivity index (χ0) is 11.0. The molecule has 16 heavy (non-hydrogen) atoms. The number of methoxy groups -OCH3 is 1. The second-order valence-corrected chi connectivity index (χ2v) is 4.34. The highest BCUT2D eigenvalue weighted by molar-refractivity contribution is 5.72. The Morgan fingerprint density at radius 3 is 3.12 bits per heavy atom. The van der Waals surface area contributed by atoms with Crippen molar-refractivity contribution in [1.82, 2.24) is 0 Å². The van der Waals surface area contributed by atoms with Crippen LogP contribution in [0.25, 0.3) is 0 Å². The van der Waals surface area contributed by atoms with E-state index in [1.165, 1.54) is 0 Å². The van der Waals surface area contributed by atoms with Crippen LogP contribution in [0.15, 0.2) is 18.2 Å². The molecule has 1 saturated heterocycles. The largest absolute Gasteiger partial charge is 0.497 e. The van der Waals surface area contributed by atoms with Gasteiger partial charge >= 0.3 is 0 Å². The minimum absolute atomic E-state index is 0.433. The maximum Gasteiger partial charge on any atom is 0.121 e. The minimum Gasteiger partial charge on any atom is -0.497 e. The summed E-state index contributed by atoms with van der Waals surface area (Å²) in [4.78, 5) is 0. The number of rotatable bonds is 1. The SMILES string of the molecule is COc1ccc2c(c1)NCC1COCC1N2. The molecule has 4 heteroatoms. The second-order valence-electron chi connectivity index (χ2n) is 4.34. The fourth-order valence-electron chi connectivity index (χ4n) is 2.32. The van der Waals surface area contributed by atoms with Crippen molar-refractivity contribution in [3.63, 3.8) is 0 Å². The van der Waals surface area contributed by atoms with Crippen LogP contribution in [0.5, 0.6) is 5.75 Å². The topological polar surface area (TPSA) is 42.5 Å². The van der Waals surface area contributed by atoms with Gasteiger partial charge in [0.15, 0.2) is 0 Å². The summed E-state index contributed by atoms with van der Waals surface area (Å²) in [5, 5.41) is 6.98. The molecule has 0 aliphatic carbocycles. The zero-order valence-corrected chi connectivity index (χ0v) is 9.32. The van der Waals surface area contributed by atoms with Crippen LogP contribution in [0.4, 0.5) is 11.4 Å². The molecule has 2 N–H and O–H groups in total. The lowest BCUT2D eigenvalue weighted by Crippen LogP contribution is -2.29. The standard InChI is InChI=1S/C12H16N2O2/c1-15-9-2-3-10-11(4-9)13-5-8-6-16-7-12(8)14-10/h2-4,8,12-14H,5-7H2,1H3. The Hall–Kier alpha value is -1.42. The molecule has 1 fully saturated rings. The van der Waals surface area contributed by atoms with Crippen molar-refractivity contribution in [3.05, 3.63) is 18.2 Å². The van der Waals surface area contributed by atoms with E-state index in [9.17, 15) is 0 Å². The average molecular weight is 220 g/mol. The summed E-state index contributed by atoms with van der Waals surface area (Å²) in [5.41, 5.74) is 2.26. The van der Waals surface area contributed by atoms with Gasteiger partial charge < -0.3 is 20.1 Å². The second kappa shape index (κ2) is 3.87. The summed E-state index contributed by atoms with van der Waals surface area (Å²) in [6.45, 7) is 2.60. The maximum atomic E-state index is 5.48. The first-order valence-electron chi connectivity index (χ1n) is 5.63. The Bertz CT molecular complexity index is 395. The van der Waals surface area contributed by atoms with Gasteiger partial charge in [-0.3, -0.25) is 0 Å². The molecule has 1 aromatic carbocycles. The molecule has 4 nitrogen and oxygen atoms in total. The molecule has 2 aliphatic rings. The molecular weight excluding hydrogens is 204 g/mol. The van der Waals surface area contributed by atoms with Crippen LogP contribution < -0.4 is 15.4 Å². The van der Waals surface area contributed by atoms with Gasteiger partial charge in [-0.25, -0.2) is 0 Å². The predicted octanol–water partition coefficient (Wildman–Crippen LogP) is 1.55. The highest BCUT2D eigenvalue weighted by atomic mass is 16.5. The monoisotopic (exact) mass is 220 g/mol. The van der Waals surface area contributed by atoms with Crippen molar-refractivity contribution in [2.75, 3.05) is 37.5 Å². The molecule has 0 spiro atoms. The number of hydrogen-bond donors (Lipinski definition) is 2. The summed E-state index contributed by atoms with van der Waals surface area (Å²) in [6, 6.07) is 6.50. The highest BCUT2D eigenvalue weighted by Gasteiger charge is 2.30. The van der Waals surface area contributed by atoms with E-state index < -0.39 is 0 Å².